The number of nitrogens with one attached hydrogen (secondary N) is 2. The molecule has 2 aromatic heterocycles. The molecular formula is C21H20N4O3. The van der Waals surface area contributed by atoms with Crippen molar-refractivity contribution in [3.05, 3.63) is 95.6 Å². The predicted molar refractivity (Wildman–Crippen MR) is 103 cm³/mol. The fourth-order valence-electron chi connectivity index (χ4n) is 2.73. The minimum absolute atomic E-state index is 0.130. The molecule has 142 valence electrons. The van der Waals surface area contributed by atoms with E-state index < -0.39 is 12.0 Å². The monoisotopic (exact) mass is 376 g/mol. The summed E-state index contributed by atoms with van der Waals surface area (Å²) in [5.41, 5.74) is 2.50. The van der Waals surface area contributed by atoms with Gasteiger partial charge in [-0.25, -0.2) is 4.79 Å². The Hall–Kier alpha value is -3.58. The van der Waals surface area contributed by atoms with Crippen LogP contribution >= 0.6 is 0 Å². The topological polar surface area (TPSA) is 104 Å². The summed E-state index contributed by atoms with van der Waals surface area (Å²) < 4.78 is 0. The van der Waals surface area contributed by atoms with Crippen LogP contribution in [0.3, 0.4) is 0 Å². The van der Waals surface area contributed by atoms with Gasteiger partial charge in [-0.05, 0) is 41.0 Å². The van der Waals surface area contributed by atoms with E-state index >= 15 is 0 Å². The van der Waals surface area contributed by atoms with E-state index in [4.69, 9.17) is 0 Å². The van der Waals surface area contributed by atoms with Gasteiger partial charge in [-0.2, -0.15) is 0 Å². The van der Waals surface area contributed by atoms with E-state index in [0.29, 0.717) is 18.7 Å². The van der Waals surface area contributed by atoms with Crippen LogP contribution in [0.25, 0.3) is 0 Å². The van der Waals surface area contributed by atoms with Gasteiger partial charge in [0.1, 0.15) is 6.04 Å². The molecule has 0 aliphatic carbocycles. The molecule has 0 saturated heterocycles. The van der Waals surface area contributed by atoms with E-state index in [1.54, 1.807) is 43.0 Å². The second-order valence-corrected chi connectivity index (χ2v) is 6.18. The maximum Gasteiger partial charge on any atom is 0.335 e. The normalized spacial score (nSPS) is 11.6. The van der Waals surface area contributed by atoms with Gasteiger partial charge in [-0.1, -0.05) is 24.3 Å². The Kier molecular flexibility index (Phi) is 6.43. The molecule has 28 heavy (non-hydrogen) atoms. The third kappa shape index (κ3) is 5.21. The van der Waals surface area contributed by atoms with Gasteiger partial charge in [0, 0.05) is 37.9 Å². The lowest BCUT2D eigenvalue weighted by Gasteiger charge is -2.19. The van der Waals surface area contributed by atoms with Crippen molar-refractivity contribution in [2.24, 2.45) is 0 Å². The summed E-state index contributed by atoms with van der Waals surface area (Å²) in [6, 6.07) is 13.0. The van der Waals surface area contributed by atoms with E-state index in [0.717, 1.165) is 11.1 Å². The van der Waals surface area contributed by atoms with E-state index in [-0.39, 0.29) is 11.5 Å². The highest BCUT2D eigenvalue weighted by molar-refractivity contribution is 5.89. The van der Waals surface area contributed by atoms with E-state index in [2.05, 4.69) is 20.6 Å². The quantitative estimate of drug-likeness (QED) is 0.557. The van der Waals surface area contributed by atoms with Crippen LogP contribution in [0.4, 0.5) is 0 Å². The predicted octanol–water partition coefficient (Wildman–Crippen LogP) is 2.32. The lowest BCUT2D eigenvalue weighted by atomic mass is 10.0. The molecule has 3 rings (SSSR count). The highest BCUT2D eigenvalue weighted by Crippen LogP contribution is 2.17. The summed E-state index contributed by atoms with van der Waals surface area (Å²) in [7, 11) is 0. The van der Waals surface area contributed by atoms with Crippen LogP contribution in [-0.2, 0) is 17.9 Å². The van der Waals surface area contributed by atoms with Gasteiger partial charge in [-0.3, -0.25) is 20.1 Å². The molecule has 0 spiro atoms. The van der Waals surface area contributed by atoms with Crippen LogP contribution in [0.2, 0.25) is 0 Å². The van der Waals surface area contributed by atoms with Gasteiger partial charge < -0.3 is 10.4 Å². The number of aromatic carboxylic acids is 1. The Morgan fingerprint density at radius 1 is 0.929 bits per heavy atom. The molecule has 1 atom stereocenters. The highest BCUT2D eigenvalue weighted by atomic mass is 16.4. The zero-order valence-electron chi connectivity index (χ0n) is 15.1. The Bertz CT molecular complexity index is 933. The molecule has 3 N–H and O–H groups in total. The number of benzene rings is 1. The number of carbonyl (C=O) groups excluding carboxylic acids is 1. The molecular weight excluding hydrogens is 356 g/mol. The van der Waals surface area contributed by atoms with Crippen molar-refractivity contribution < 1.29 is 14.7 Å². The summed E-state index contributed by atoms with van der Waals surface area (Å²) in [4.78, 5) is 32.3. The second kappa shape index (κ2) is 9.38. The largest absolute Gasteiger partial charge is 0.478 e. The third-order valence-electron chi connectivity index (χ3n) is 4.15. The SMILES string of the molecule is O=C(O)c1cccc(C(NCc2cccnc2)C(=O)NCc2cccnc2)c1. The number of amides is 1. The molecule has 1 aromatic carbocycles. The summed E-state index contributed by atoms with van der Waals surface area (Å²) in [6.45, 7) is 0.743. The van der Waals surface area contributed by atoms with Crippen molar-refractivity contribution >= 4 is 11.9 Å². The summed E-state index contributed by atoms with van der Waals surface area (Å²) in [5, 5.41) is 15.3. The average Bonchev–Trinajstić information content (AvgIpc) is 2.74. The van der Waals surface area contributed by atoms with Crippen LogP contribution in [0.5, 0.6) is 0 Å². The number of hydrogen-bond acceptors (Lipinski definition) is 5. The zero-order valence-corrected chi connectivity index (χ0v) is 15.1. The van der Waals surface area contributed by atoms with E-state index in [9.17, 15) is 14.7 Å². The number of carboxylic acid groups (broad SMARTS) is 1. The Morgan fingerprint density at radius 3 is 2.21 bits per heavy atom. The van der Waals surface area contributed by atoms with E-state index in [1.165, 1.54) is 12.1 Å². The molecule has 1 amide bonds. The van der Waals surface area contributed by atoms with Gasteiger partial charge in [0.05, 0.1) is 5.56 Å². The number of rotatable bonds is 8. The number of carboxylic acids is 1. The first-order chi connectivity index (χ1) is 13.6. The van der Waals surface area contributed by atoms with Crippen LogP contribution in [0.1, 0.15) is 33.1 Å². The molecule has 7 heteroatoms. The molecule has 0 aliphatic heterocycles. The number of aromatic nitrogens is 2. The lowest BCUT2D eigenvalue weighted by Crippen LogP contribution is -2.37. The third-order valence-corrected chi connectivity index (χ3v) is 4.15. The lowest BCUT2D eigenvalue weighted by molar-refractivity contribution is -0.123. The van der Waals surface area contributed by atoms with E-state index in [1.807, 2.05) is 18.2 Å². The second-order valence-electron chi connectivity index (χ2n) is 6.18. The first-order valence-electron chi connectivity index (χ1n) is 8.75. The maximum absolute atomic E-state index is 12.9. The zero-order chi connectivity index (χ0) is 19.8. The van der Waals surface area contributed by atoms with Crippen LogP contribution in [0, 0.1) is 0 Å². The minimum Gasteiger partial charge on any atom is -0.478 e. The fraction of sp³-hybridized carbons (Fsp3) is 0.143. The first-order valence-corrected chi connectivity index (χ1v) is 8.75. The van der Waals surface area contributed by atoms with Crippen molar-refractivity contribution in [3.8, 4) is 0 Å². The van der Waals surface area contributed by atoms with Crippen molar-refractivity contribution in [3.63, 3.8) is 0 Å². The maximum atomic E-state index is 12.9. The van der Waals surface area contributed by atoms with Crippen LogP contribution in [0.15, 0.2) is 73.3 Å². The summed E-state index contributed by atoms with van der Waals surface area (Å²) in [5.74, 6) is -1.29. The summed E-state index contributed by atoms with van der Waals surface area (Å²) in [6.07, 6.45) is 6.74. The van der Waals surface area contributed by atoms with Gasteiger partial charge in [-0.15, -0.1) is 0 Å². The first kappa shape index (κ1) is 19.2. The minimum atomic E-state index is -1.04. The Labute approximate surface area is 162 Å². The standard InChI is InChI=1S/C21H20N4O3/c26-20(25-14-16-5-3-9-23-12-16)19(24-13-15-4-2-8-22-11-15)17-6-1-7-18(10-17)21(27)28/h1-12,19,24H,13-14H2,(H,25,26)(H,27,28). The van der Waals surface area contributed by atoms with Crippen molar-refractivity contribution in [1.29, 1.82) is 0 Å². The van der Waals surface area contributed by atoms with Crippen LogP contribution in [-0.4, -0.2) is 27.0 Å². The Balaban J connectivity index is 1.77. The molecule has 0 bridgehead atoms. The number of pyridine rings is 2. The van der Waals surface area contributed by atoms with Crippen molar-refractivity contribution in [2.45, 2.75) is 19.1 Å². The molecule has 3 aromatic rings. The highest BCUT2D eigenvalue weighted by Gasteiger charge is 2.21. The fourth-order valence-corrected chi connectivity index (χ4v) is 2.73. The van der Waals surface area contributed by atoms with Crippen molar-refractivity contribution in [1.82, 2.24) is 20.6 Å². The number of nitrogens with zero attached hydrogens (tertiary/aromatic N) is 2. The molecule has 7 nitrogen and oxygen atoms in total. The van der Waals surface area contributed by atoms with Gasteiger partial charge >= 0.3 is 5.97 Å². The molecule has 0 radical (unpaired) electrons. The number of hydrogen-bond donors (Lipinski definition) is 3. The molecule has 0 saturated carbocycles. The smallest absolute Gasteiger partial charge is 0.335 e. The average molecular weight is 376 g/mol. The van der Waals surface area contributed by atoms with Gasteiger partial charge in [0.2, 0.25) is 5.91 Å². The van der Waals surface area contributed by atoms with Crippen molar-refractivity contribution in [2.75, 3.05) is 0 Å². The van der Waals surface area contributed by atoms with Gasteiger partial charge in [0.25, 0.3) is 0 Å². The molecule has 0 fully saturated rings. The number of carbonyl (C=O) groups is 2. The molecule has 1 unspecified atom stereocenters. The van der Waals surface area contributed by atoms with Gasteiger partial charge in [0.15, 0.2) is 0 Å². The molecule has 0 aliphatic rings. The van der Waals surface area contributed by atoms with Crippen LogP contribution < -0.4 is 10.6 Å². The molecule has 2 heterocycles. The Morgan fingerprint density at radius 2 is 1.61 bits per heavy atom. The summed E-state index contributed by atoms with van der Waals surface area (Å²) >= 11 is 0.